The summed E-state index contributed by atoms with van der Waals surface area (Å²) in [6, 6.07) is 9.64. The summed E-state index contributed by atoms with van der Waals surface area (Å²) in [6.07, 6.45) is 0. The lowest BCUT2D eigenvalue weighted by Crippen LogP contribution is -2.21. The van der Waals surface area contributed by atoms with Gasteiger partial charge in [0.1, 0.15) is 5.82 Å². The molecule has 0 bridgehead atoms. The van der Waals surface area contributed by atoms with Crippen molar-refractivity contribution in [2.45, 2.75) is 37.9 Å². The second-order valence-corrected chi connectivity index (χ2v) is 6.44. The smallest absolute Gasteiger partial charge is 0.273 e. The first kappa shape index (κ1) is 14.7. The van der Waals surface area contributed by atoms with Gasteiger partial charge < -0.3 is 0 Å². The van der Waals surface area contributed by atoms with Gasteiger partial charge in [0.25, 0.3) is 15.2 Å². The molecule has 0 aliphatic carbocycles. The van der Waals surface area contributed by atoms with Crippen molar-refractivity contribution in [2.75, 3.05) is 0 Å². The molecule has 1 heterocycles. The molecular weight excluding hydrogens is 276 g/mol. The quantitative estimate of drug-likeness (QED) is 0.928. The van der Waals surface area contributed by atoms with Crippen molar-refractivity contribution in [1.29, 1.82) is 0 Å². The molecule has 0 amide bonds. The maximum absolute atomic E-state index is 11.6. The molecule has 0 radical (unpaired) electrons. The fraction of sp³-hybridized carbons (Fsp3) is 0.385. The van der Waals surface area contributed by atoms with Crippen LogP contribution in [0.4, 0.5) is 0 Å². The summed E-state index contributed by atoms with van der Waals surface area (Å²) in [5.74, 6) is 0.525. The number of sulfonamides is 1. The first-order valence-corrected chi connectivity index (χ1v) is 7.89. The molecule has 0 aliphatic heterocycles. The molecule has 1 aromatic carbocycles. The number of primary sulfonamides is 1. The predicted molar refractivity (Wildman–Crippen MR) is 75.7 cm³/mol. The Morgan fingerprint density at radius 1 is 1.10 bits per heavy atom. The van der Waals surface area contributed by atoms with E-state index in [1.54, 1.807) is 4.57 Å². The molecule has 0 spiro atoms. The SMILES string of the molecule is CC(c1ccccc1)c1nnc(S(N)(=O)=O)n1C(C)C. The lowest BCUT2D eigenvalue weighted by molar-refractivity contribution is 0.498. The number of hydrogen-bond donors (Lipinski definition) is 1. The van der Waals surface area contributed by atoms with E-state index in [9.17, 15) is 8.42 Å². The van der Waals surface area contributed by atoms with Gasteiger partial charge in [-0.25, -0.2) is 13.6 Å². The van der Waals surface area contributed by atoms with Gasteiger partial charge in [-0.1, -0.05) is 37.3 Å². The summed E-state index contributed by atoms with van der Waals surface area (Å²) in [4.78, 5) is 0. The van der Waals surface area contributed by atoms with E-state index in [1.807, 2.05) is 51.1 Å². The largest absolute Gasteiger partial charge is 0.298 e. The van der Waals surface area contributed by atoms with Crippen LogP contribution in [0.2, 0.25) is 0 Å². The van der Waals surface area contributed by atoms with Gasteiger partial charge in [-0.3, -0.25) is 4.57 Å². The number of aromatic nitrogens is 3. The lowest BCUT2D eigenvalue weighted by Gasteiger charge is -2.17. The van der Waals surface area contributed by atoms with Gasteiger partial charge in [-0.15, -0.1) is 10.2 Å². The third-order valence-electron chi connectivity index (χ3n) is 3.15. The molecule has 7 heteroatoms. The zero-order valence-corrected chi connectivity index (χ0v) is 12.5. The second kappa shape index (κ2) is 5.34. The Morgan fingerprint density at radius 3 is 2.20 bits per heavy atom. The topological polar surface area (TPSA) is 90.9 Å². The van der Waals surface area contributed by atoms with Crippen molar-refractivity contribution < 1.29 is 8.42 Å². The highest BCUT2D eigenvalue weighted by atomic mass is 32.2. The van der Waals surface area contributed by atoms with Gasteiger partial charge in [0, 0.05) is 12.0 Å². The van der Waals surface area contributed by atoms with E-state index in [2.05, 4.69) is 10.2 Å². The molecule has 1 aromatic heterocycles. The third-order valence-corrected chi connectivity index (χ3v) is 3.94. The molecule has 0 saturated heterocycles. The van der Waals surface area contributed by atoms with Crippen LogP contribution in [0.5, 0.6) is 0 Å². The molecule has 20 heavy (non-hydrogen) atoms. The van der Waals surface area contributed by atoms with Gasteiger partial charge >= 0.3 is 0 Å². The van der Waals surface area contributed by atoms with Gasteiger partial charge in [0.2, 0.25) is 0 Å². The van der Waals surface area contributed by atoms with Crippen molar-refractivity contribution in [3.8, 4) is 0 Å². The van der Waals surface area contributed by atoms with E-state index >= 15 is 0 Å². The van der Waals surface area contributed by atoms with Crippen LogP contribution in [0.1, 0.15) is 44.1 Å². The molecule has 2 rings (SSSR count). The highest BCUT2D eigenvalue weighted by Gasteiger charge is 2.26. The van der Waals surface area contributed by atoms with Gasteiger partial charge in [0.05, 0.1) is 0 Å². The van der Waals surface area contributed by atoms with Crippen LogP contribution < -0.4 is 5.14 Å². The molecule has 0 aliphatic rings. The average molecular weight is 294 g/mol. The molecule has 2 N–H and O–H groups in total. The minimum Gasteiger partial charge on any atom is -0.298 e. The van der Waals surface area contributed by atoms with E-state index in [1.165, 1.54) is 0 Å². The van der Waals surface area contributed by atoms with Gasteiger partial charge in [-0.05, 0) is 19.4 Å². The minimum absolute atomic E-state index is 0.0680. The van der Waals surface area contributed by atoms with Crippen molar-refractivity contribution >= 4 is 10.0 Å². The zero-order chi connectivity index (χ0) is 14.9. The maximum Gasteiger partial charge on any atom is 0.273 e. The fourth-order valence-electron chi connectivity index (χ4n) is 2.15. The van der Waals surface area contributed by atoms with Crippen LogP contribution in [0.25, 0.3) is 0 Å². The Morgan fingerprint density at radius 2 is 1.70 bits per heavy atom. The predicted octanol–water partition coefficient (Wildman–Crippen LogP) is 1.66. The number of hydrogen-bond acceptors (Lipinski definition) is 4. The summed E-state index contributed by atoms with van der Waals surface area (Å²) in [6.45, 7) is 5.71. The van der Waals surface area contributed by atoms with Crippen molar-refractivity contribution in [3.05, 3.63) is 41.7 Å². The second-order valence-electron chi connectivity index (χ2n) is 4.98. The molecule has 108 valence electrons. The molecular formula is C13H18N4O2S. The molecule has 2 aromatic rings. The molecule has 1 atom stereocenters. The molecule has 6 nitrogen and oxygen atoms in total. The van der Waals surface area contributed by atoms with Crippen LogP contribution >= 0.6 is 0 Å². The van der Waals surface area contributed by atoms with Crippen LogP contribution in [0.3, 0.4) is 0 Å². The van der Waals surface area contributed by atoms with E-state index in [-0.39, 0.29) is 17.1 Å². The summed E-state index contributed by atoms with van der Waals surface area (Å²) in [5.41, 5.74) is 1.04. The number of nitrogens with two attached hydrogens (primary N) is 1. The van der Waals surface area contributed by atoms with Crippen molar-refractivity contribution in [1.82, 2.24) is 14.8 Å². The van der Waals surface area contributed by atoms with Crippen molar-refractivity contribution in [2.24, 2.45) is 5.14 Å². The third kappa shape index (κ3) is 2.73. The van der Waals surface area contributed by atoms with Crippen LogP contribution in [-0.4, -0.2) is 23.2 Å². The lowest BCUT2D eigenvalue weighted by atomic mass is 10.0. The summed E-state index contributed by atoms with van der Waals surface area (Å²) >= 11 is 0. The Bertz CT molecular complexity index is 692. The van der Waals surface area contributed by atoms with E-state index in [0.717, 1.165) is 5.56 Å². The number of rotatable bonds is 4. The maximum atomic E-state index is 11.6. The van der Waals surface area contributed by atoms with Crippen molar-refractivity contribution in [3.63, 3.8) is 0 Å². The van der Waals surface area contributed by atoms with Gasteiger partial charge in [0.15, 0.2) is 0 Å². The zero-order valence-electron chi connectivity index (χ0n) is 11.7. The highest BCUT2D eigenvalue weighted by Crippen LogP contribution is 2.26. The first-order chi connectivity index (χ1) is 9.32. The standard InChI is InChI=1S/C13H18N4O2S/c1-9(2)17-12(15-16-13(17)20(14,18)19)10(3)11-7-5-4-6-8-11/h4-10H,1-3H3,(H2,14,18,19). The molecule has 1 unspecified atom stereocenters. The van der Waals surface area contributed by atoms with Crippen LogP contribution in [0, 0.1) is 0 Å². The van der Waals surface area contributed by atoms with E-state index in [4.69, 9.17) is 5.14 Å². The normalized spacial score (nSPS) is 13.7. The van der Waals surface area contributed by atoms with E-state index in [0.29, 0.717) is 5.82 Å². The summed E-state index contributed by atoms with van der Waals surface area (Å²) < 4.78 is 24.7. The molecule has 0 fully saturated rings. The van der Waals surface area contributed by atoms with Crippen LogP contribution in [0.15, 0.2) is 35.5 Å². The van der Waals surface area contributed by atoms with Gasteiger partial charge in [-0.2, -0.15) is 0 Å². The monoisotopic (exact) mass is 294 g/mol. The Labute approximate surface area is 118 Å². The minimum atomic E-state index is -3.88. The first-order valence-electron chi connectivity index (χ1n) is 6.35. The Kier molecular flexibility index (Phi) is 3.92. The highest BCUT2D eigenvalue weighted by molar-refractivity contribution is 7.89. The average Bonchev–Trinajstić information content (AvgIpc) is 2.83. The summed E-state index contributed by atoms with van der Waals surface area (Å²) in [5, 5.41) is 12.8. The fourth-order valence-corrected chi connectivity index (χ4v) is 2.89. The Balaban J connectivity index is 2.56. The number of nitrogens with zero attached hydrogens (tertiary/aromatic N) is 3. The van der Waals surface area contributed by atoms with Crippen LogP contribution in [-0.2, 0) is 10.0 Å². The number of benzene rings is 1. The van der Waals surface area contributed by atoms with E-state index < -0.39 is 10.0 Å². The molecule has 0 saturated carbocycles. The summed E-state index contributed by atoms with van der Waals surface area (Å²) in [7, 11) is -3.88. The Hall–Kier alpha value is -1.73.